The molecule has 3 heterocycles. The van der Waals surface area contributed by atoms with Crippen LogP contribution in [-0.2, 0) is 4.79 Å². The number of hydrogen-bond acceptors (Lipinski definition) is 5. The molecule has 0 saturated carbocycles. The summed E-state index contributed by atoms with van der Waals surface area (Å²) >= 11 is 5.83. The molecule has 0 radical (unpaired) electrons. The summed E-state index contributed by atoms with van der Waals surface area (Å²) in [6.45, 7) is 2.70. The number of rotatable bonds is 1. The Morgan fingerprint density at radius 3 is 2.62 bits per heavy atom. The molecule has 1 saturated heterocycles. The molecular formula is C13H14ClF3N4O3. The van der Waals surface area contributed by atoms with E-state index in [9.17, 15) is 18.3 Å². The topological polar surface area (TPSA) is 102 Å². The van der Waals surface area contributed by atoms with Crippen molar-refractivity contribution in [2.24, 2.45) is 0 Å². The first-order chi connectivity index (χ1) is 11.1. The molecule has 3 N–H and O–H groups in total. The zero-order valence-electron chi connectivity index (χ0n) is 12.4. The van der Waals surface area contributed by atoms with Crippen LogP contribution in [0, 0.1) is 0 Å². The van der Waals surface area contributed by atoms with Gasteiger partial charge in [-0.15, -0.1) is 0 Å². The second-order valence-electron chi connectivity index (χ2n) is 5.29. The van der Waals surface area contributed by atoms with Gasteiger partial charge in [-0.05, 0) is 13.3 Å². The van der Waals surface area contributed by atoms with Crippen LogP contribution >= 0.6 is 11.6 Å². The number of carboxylic acids is 1. The predicted molar refractivity (Wildman–Crippen MR) is 80.0 cm³/mol. The van der Waals surface area contributed by atoms with Crippen molar-refractivity contribution in [3.63, 3.8) is 0 Å². The zero-order valence-corrected chi connectivity index (χ0v) is 13.1. The molecule has 3 rings (SSSR count). The van der Waals surface area contributed by atoms with Crippen molar-refractivity contribution in [1.82, 2.24) is 15.2 Å². The first-order valence-electron chi connectivity index (χ1n) is 6.84. The predicted octanol–water partition coefficient (Wildman–Crippen LogP) is 2.20. The average molecular weight is 367 g/mol. The van der Waals surface area contributed by atoms with E-state index in [2.05, 4.69) is 27.0 Å². The Labute approximate surface area is 139 Å². The summed E-state index contributed by atoms with van der Waals surface area (Å²) in [5, 5.41) is 25.4. The largest absolute Gasteiger partial charge is 0.490 e. The highest BCUT2D eigenvalue weighted by molar-refractivity contribution is 6.30. The highest BCUT2D eigenvalue weighted by Crippen LogP contribution is 2.30. The third-order valence-electron chi connectivity index (χ3n) is 3.46. The summed E-state index contributed by atoms with van der Waals surface area (Å²) in [6, 6.07) is 2.04. The van der Waals surface area contributed by atoms with Crippen LogP contribution in [0.5, 0.6) is 0 Å². The van der Waals surface area contributed by atoms with E-state index in [0.717, 1.165) is 23.1 Å². The van der Waals surface area contributed by atoms with Crippen LogP contribution in [-0.4, -0.2) is 56.2 Å². The molecule has 7 nitrogen and oxygen atoms in total. The van der Waals surface area contributed by atoms with Gasteiger partial charge in [-0.2, -0.15) is 18.3 Å². The third kappa shape index (κ3) is 4.06. The minimum Gasteiger partial charge on any atom is -0.475 e. The molecular weight excluding hydrogens is 353 g/mol. The molecule has 0 aromatic carbocycles. The molecule has 2 aromatic heterocycles. The number of fused-ring (bicyclic) bond motifs is 1. The van der Waals surface area contributed by atoms with E-state index in [4.69, 9.17) is 21.5 Å². The molecule has 24 heavy (non-hydrogen) atoms. The van der Waals surface area contributed by atoms with E-state index in [-0.39, 0.29) is 12.1 Å². The average Bonchev–Trinajstić information content (AvgIpc) is 3.00. The van der Waals surface area contributed by atoms with Crippen molar-refractivity contribution in [3.8, 4) is 0 Å². The van der Waals surface area contributed by atoms with Gasteiger partial charge < -0.3 is 15.1 Å². The number of halogens is 4. The number of nitrogens with one attached hydrogen (secondary N) is 1. The Kier molecular flexibility index (Phi) is 5.19. The summed E-state index contributed by atoms with van der Waals surface area (Å²) in [4.78, 5) is 15.1. The lowest BCUT2D eigenvalue weighted by Gasteiger charge is -2.20. The Balaban J connectivity index is 0.000000256. The Bertz CT molecular complexity index is 737. The Morgan fingerprint density at radius 2 is 2.12 bits per heavy atom. The SMILES string of the molecule is CC1CC(O)CN1c1n[nH]c2cc(Cl)ncc12.O=C(O)C(F)(F)F. The van der Waals surface area contributed by atoms with Crippen LogP contribution in [0.3, 0.4) is 0 Å². The summed E-state index contributed by atoms with van der Waals surface area (Å²) < 4.78 is 31.7. The van der Waals surface area contributed by atoms with Crippen molar-refractivity contribution in [2.45, 2.75) is 31.7 Å². The highest BCUT2D eigenvalue weighted by Gasteiger charge is 2.38. The Morgan fingerprint density at radius 1 is 1.50 bits per heavy atom. The maximum Gasteiger partial charge on any atom is 0.490 e. The number of carboxylic acid groups (broad SMARTS) is 1. The second kappa shape index (κ2) is 6.81. The Hall–Kier alpha value is -2.07. The van der Waals surface area contributed by atoms with Crippen LogP contribution < -0.4 is 4.90 Å². The number of aromatic nitrogens is 3. The number of aliphatic hydroxyl groups is 1. The monoisotopic (exact) mass is 366 g/mol. The van der Waals surface area contributed by atoms with Crippen molar-refractivity contribution in [3.05, 3.63) is 17.4 Å². The van der Waals surface area contributed by atoms with Crippen molar-refractivity contribution in [2.75, 3.05) is 11.4 Å². The fraction of sp³-hybridized carbons (Fsp3) is 0.462. The van der Waals surface area contributed by atoms with Crippen LogP contribution in [0.1, 0.15) is 13.3 Å². The summed E-state index contributed by atoms with van der Waals surface area (Å²) in [5.41, 5.74) is 0.869. The normalized spacial score (nSPS) is 20.8. The van der Waals surface area contributed by atoms with E-state index < -0.39 is 12.1 Å². The van der Waals surface area contributed by atoms with E-state index >= 15 is 0 Å². The number of alkyl halides is 3. The number of aliphatic carboxylic acids is 1. The van der Waals surface area contributed by atoms with Gasteiger partial charge in [0.1, 0.15) is 5.15 Å². The zero-order chi connectivity index (χ0) is 18.1. The van der Waals surface area contributed by atoms with Gasteiger partial charge >= 0.3 is 12.1 Å². The van der Waals surface area contributed by atoms with Gasteiger partial charge in [0, 0.05) is 24.8 Å². The smallest absolute Gasteiger partial charge is 0.475 e. The third-order valence-corrected chi connectivity index (χ3v) is 3.67. The molecule has 0 spiro atoms. The minimum absolute atomic E-state index is 0.281. The standard InChI is InChI=1S/C11H13ClN4O.C2HF3O2/c1-6-2-7(17)5-16(6)11-8-4-13-10(12)3-9(8)14-15-11;3-2(4,5)1(6)7/h3-4,6-7,17H,2,5H2,1H3,(H,14,15);(H,6,7). The lowest BCUT2D eigenvalue weighted by molar-refractivity contribution is -0.192. The van der Waals surface area contributed by atoms with Gasteiger partial charge in [0.15, 0.2) is 5.82 Å². The van der Waals surface area contributed by atoms with Crippen molar-refractivity contribution in [1.29, 1.82) is 0 Å². The van der Waals surface area contributed by atoms with Gasteiger partial charge in [-0.3, -0.25) is 5.10 Å². The van der Waals surface area contributed by atoms with Gasteiger partial charge in [0.05, 0.1) is 17.0 Å². The number of aromatic amines is 1. The molecule has 2 aromatic rings. The van der Waals surface area contributed by atoms with Crippen molar-refractivity contribution >= 4 is 34.3 Å². The van der Waals surface area contributed by atoms with Crippen LogP contribution in [0.4, 0.5) is 19.0 Å². The number of nitrogens with zero attached hydrogens (tertiary/aromatic N) is 3. The number of H-pyrrole nitrogens is 1. The van der Waals surface area contributed by atoms with E-state index in [1.54, 1.807) is 12.3 Å². The number of carbonyl (C=O) groups is 1. The van der Waals surface area contributed by atoms with Gasteiger partial charge in [0.2, 0.25) is 0 Å². The van der Waals surface area contributed by atoms with E-state index in [0.29, 0.717) is 11.7 Å². The summed E-state index contributed by atoms with van der Waals surface area (Å²) in [5.74, 6) is -1.92. The molecule has 0 amide bonds. The lowest BCUT2D eigenvalue weighted by atomic mass is 10.2. The first kappa shape index (κ1) is 18.3. The van der Waals surface area contributed by atoms with E-state index in [1.807, 2.05) is 0 Å². The summed E-state index contributed by atoms with van der Waals surface area (Å²) in [6.07, 6.45) is -2.87. The highest BCUT2D eigenvalue weighted by atomic mass is 35.5. The minimum atomic E-state index is -5.08. The number of anilines is 1. The van der Waals surface area contributed by atoms with Gasteiger partial charge in [0.25, 0.3) is 0 Å². The number of aliphatic hydroxyl groups excluding tert-OH is 1. The maximum absolute atomic E-state index is 10.6. The number of pyridine rings is 1. The van der Waals surface area contributed by atoms with Gasteiger partial charge in [-0.25, -0.2) is 9.78 Å². The molecule has 0 aliphatic carbocycles. The number of β-amino-alcohol motifs (C(OH)–C–C–N with tert-alkyl or cyclic N) is 1. The molecule has 1 aliphatic rings. The summed E-state index contributed by atoms with van der Waals surface area (Å²) in [7, 11) is 0. The fourth-order valence-electron chi connectivity index (χ4n) is 2.39. The molecule has 1 aliphatic heterocycles. The molecule has 2 atom stereocenters. The molecule has 0 bridgehead atoms. The molecule has 2 unspecified atom stereocenters. The quantitative estimate of drug-likeness (QED) is 0.669. The number of hydrogen-bond donors (Lipinski definition) is 3. The molecule has 132 valence electrons. The first-order valence-corrected chi connectivity index (χ1v) is 7.21. The molecule has 11 heteroatoms. The van der Waals surface area contributed by atoms with Gasteiger partial charge in [-0.1, -0.05) is 11.6 Å². The maximum atomic E-state index is 10.6. The van der Waals surface area contributed by atoms with E-state index in [1.165, 1.54) is 0 Å². The molecule has 1 fully saturated rings. The lowest BCUT2D eigenvalue weighted by Crippen LogP contribution is -2.27. The van der Waals surface area contributed by atoms with Crippen LogP contribution in [0.2, 0.25) is 5.15 Å². The second-order valence-corrected chi connectivity index (χ2v) is 5.68. The van der Waals surface area contributed by atoms with Crippen molar-refractivity contribution < 1.29 is 28.2 Å². The fourth-order valence-corrected chi connectivity index (χ4v) is 2.55. The van der Waals surface area contributed by atoms with Crippen LogP contribution in [0.15, 0.2) is 12.3 Å². The van der Waals surface area contributed by atoms with Crippen LogP contribution in [0.25, 0.3) is 10.9 Å².